The lowest BCUT2D eigenvalue weighted by molar-refractivity contribution is 0.567. The van der Waals surface area contributed by atoms with E-state index in [1.54, 1.807) is 0 Å². The number of nitrogens with zero attached hydrogens (tertiary/aromatic N) is 2. The molecule has 0 amide bonds. The van der Waals surface area contributed by atoms with E-state index >= 15 is 0 Å². The van der Waals surface area contributed by atoms with E-state index in [1.165, 1.54) is 111 Å². The third kappa shape index (κ3) is 5.68. The molecule has 13 rings (SSSR count). The molecule has 0 fully saturated rings. The van der Waals surface area contributed by atoms with E-state index < -0.39 is 0 Å². The standard InChI is InChI=1S/C68H62N2/c1-41-20-13-12-14-22-43-30-31-47(37-55(43)64(41,2)3)69(48-32-33-51-50-24-17-18-25-52(50)65(4,5)56(51)38-48)49-39-59-63-60(40-49)68(10,11)58-36-46(45-29-28-42-21-15-16-23-44(42)34-45)35-57-62(58)70(63)61-53(66(57,6)7)26-19-27-54(61)67(59,8)9/h12-21,23-40H,1,22H2,2-11H3/b14-12-,20-13-. The molecule has 8 aromatic carbocycles. The van der Waals surface area contributed by atoms with Crippen molar-refractivity contribution in [3.8, 4) is 22.3 Å². The predicted molar refractivity (Wildman–Crippen MR) is 297 cm³/mol. The first-order valence-electron chi connectivity index (χ1n) is 25.4. The van der Waals surface area contributed by atoms with E-state index in [9.17, 15) is 0 Å². The maximum Gasteiger partial charge on any atom is 0.0545 e. The zero-order chi connectivity index (χ0) is 48.4. The monoisotopic (exact) mass is 906 g/mol. The van der Waals surface area contributed by atoms with Crippen LogP contribution in [0.3, 0.4) is 0 Å². The minimum Gasteiger partial charge on any atom is -0.310 e. The third-order valence-corrected chi connectivity index (χ3v) is 17.8. The van der Waals surface area contributed by atoms with Gasteiger partial charge in [0.05, 0.1) is 17.1 Å². The molecule has 0 unspecified atom stereocenters. The van der Waals surface area contributed by atoms with Crippen molar-refractivity contribution in [1.29, 1.82) is 0 Å². The summed E-state index contributed by atoms with van der Waals surface area (Å²) in [5, 5.41) is 2.53. The second kappa shape index (κ2) is 14.2. The third-order valence-electron chi connectivity index (χ3n) is 17.8. The average molecular weight is 907 g/mol. The summed E-state index contributed by atoms with van der Waals surface area (Å²) in [7, 11) is 0. The second-order valence-electron chi connectivity index (χ2n) is 23.5. The van der Waals surface area contributed by atoms with Crippen molar-refractivity contribution < 1.29 is 0 Å². The number of rotatable bonds is 4. The molecule has 0 radical (unpaired) electrons. The highest BCUT2D eigenvalue weighted by Gasteiger charge is 2.52. The number of allylic oxidation sites excluding steroid dienone is 5. The largest absolute Gasteiger partial charge is 0.310 e. The number of anilines is 6. The lowest BCUT2D eigenvalue weighted by Gasteiger charge is -2.55. The molecule has 0 bridgehead atoms. The van der Waals surface area contributed by atoms with Gasteiger partial charge in [0.15, 0.2) is 0 Å². The predicted octanol–water partition coefficient (Wildman–Crippen LogP) is 18.2. The van der Waals surface area contributed by atoms with Crippen LogP contribution in [0.5, 0.6) is 0 Å². The molecular formula is C68H62N2. The van der Waals surface area contributed by atoms with Gasteiger partial charge in [-0.15, -0.1) is 0 Å². The van der Waals surface area contributed by atoms with Crippen LogP contribution in [0.25, 0.3) is 33.0 Å². The molecule has 3 aliphatic heterocycles. The molecule has 2 nitrogen and oxygen atoms in total. The van der Waals surface area contributed by atoms with E-state index in [0.29, 0.717) is 0 Å². The van der Waals surface area contributed by atoms with Crippen LogP contribution in [-0.4, -0.2) is 0 Å². The Labute approximate surface area is 415 Å². The molecule has 3 heterocycles. The molecule has 344 valence electrons. The maximum atomic E-state index is 4.65. The first kappa shape index (κ1) is 42.9. The minimum atomic E-state index is -0.362. The fourth-order valence-electron chi connectivity index (χ4n) is 13.4. The van der Waals surface area contributed by atoms with Crippen molar-refractivity contribution in [2.24, 2.45) is 0 Å². The average Bonchev–Trinajstić information content (AvgIpc) is 3.60. The Bertz CT molecular complexity index is 3690. The highest BCUT2D eigenvalue weighted by atomic mass is 15.2. The van der Waals surface area contributed by atoms with E-state index in [0.717, 1.165) is 23.4 Å². The van der Waals surface area contributed by atoms with Gasteiger partial charge in [-0.2, -0.15) is 0 Å². The Morgan fingerprint density at radius 1 is 0.400 bits per heavy atom. The summed E-state index contributed by atoms with van der Waals surface area (Å²) in [6.45, 7) is 28.9. The lowest BCUT2D eigenvalue weighted by Crippen LogP contribution is -2.43. The summed E-state index contributed by atoms with van der Waals surface area (Å²) in [6, 6.07) is 56.5. The molecule has 2 heteroatoms. The Balaban J connectivity index is 1.09. The zero-order valence-electron chi connectivity index (χ0n) is 42.5. The van der Waals surface area contributed by atoms with Crippen molar-refractivity contribution in [2.75, 3.05) is 9.80 Å². The summed E-state index contributed by atoms with van der Waals surface area (Å²) >= 11 is 0. The van der Waals surface area contributed by atoms with Crippen LogP contribution < -0.4 is 9.80 Å². The quantitative estimate of drug-likeness (QED) is 0.174. The van der Waals surface area contributed by atoms with Crippen molar-refractivity contribution >= 4 is 44.9 Å². The van der Waals surface area contributed by atoms with Crippen LogP contribution in [0.1, 0.15) is 125 Å². The Kier molecular flexibility index (Phi) is 8.72. The van der Waals surface area contributed by atoms with Crippen LogP contribution in [0.2, 0.25) is 0 Å². The van der Waals surface area contributed by atoms with E-state index in [4.69, 9.17) is 0 Å². The minimum absolute atomic E-state index is 0.157. The molecule has 70 heavy (non-hydrogen) atoms. The smallest absolute Gasteiger partial charge is 0.0545 e. The van der Waals surface area contributed by atoms with Crippen LogP contribution >= 0.6 is 0 Å². The van der Waals surface area contributed by atoms with Gasteiger partial charge >= 0.3 is 0 Å². The summed E-state index contributed by atoms with van der Waals surface area (Å²) in [5.74, 6) is 0. The van der Waals surface area contributed by atoms with Gasteiger partial charge < -0.3 is 9.80 Å². The molecule has 0 N–H and O–H groups in total. The Hall–Kier alpha value is -7.16. The van der Waals surface area contributed by atoms with E-state index in [1.807, 2.05) is 0 Å². The molecule has 8 aromatic rings. The number of benzene rings is 8. The molecule has 0 aromatic heterocycles. The van der Waals surface area contributed by atoms with Crippen LogP contribution in [0.15, 0.2) is 182 Å². The molecule has 2 aliphatic carbocycles. The number of hydrogen-bond donors (Lipinski definition) is 0. The van der Waals surface area contributed by atoms with Gasteiger partial charge in [0.1, 0.15) is 0 Å². The van der Waals surface area contributed by atoms with Gasteiger partial charge in [0.2, 0.25) is 0 Å². The second-order valence-corrected chi connectivity index (χ2v) is 23.5. The Morgan fingerprint density at radius 3 is 1.63 bits per heavy atom. The normalized spacial score (nSPS) is 19.2. The topological polar surface area (TPSA) is 6.48 Å². The number of fused-ring (bicyclic) bond motifs is 5. The van der Waals surface area contributed by atoms with Crippen molar-refractivity contribution in [1.82, 2.24) is 0 Å². The first-order valence-corrected chi connectivity index (χ1v) is 25.4. The van der Waals surface area contributed by atoms with Gasteiger partial charge in [-0.05, 0) is 155 Å². The fourth-order valence-corrected chi connectivity index (χ4v) is 13.4. The van der Waals surface area contributed by atoms with E-state index in [2.05, 4.69) is 256 Å². The molecular weight excluding hydrogens is 845 g/mol. The summed E-state index contributed by atoms with van der Waals surface area (Å²) in [6.07, 6.45) is 9.64. The van der Waals surface area contributed by atoms with Gasteiger partial charge in [-0.3, -0.25) is 0 Å². The first-order chi connectivity index (χ1) is 33.4. The van der Waals surface area contributed by atoms with Crippen molar-refractivity contribution in [2.45, 2.75) is 103 Å². The fraction of sp³-hybridized carbons (Fsp3) is 0.235. The van der Waals surface area contributed by atoms with Gasteiger partial charge in [-0.1, -0.05) is 191 Å². The molecule has 5 aliphatic rings. The lowest BCUT2D eigenvalue weighted by atomic mass is 9.60. The Morgan fingerprint density at radius 2 is 0.929 bits per heavy atom. The molecule has 0 atom stereocenters. The van der Waals surface area contributed by atoms with Crippen LogP contribution in [0.4, 0.5) is 34.1 Å². The van der Waals surface area contributed by atoms with Crippen molar-refractivity contribution in [3.63, 3.8) is 0 Å². The highest BCUT2D eigenvalue weighted by Crippen LogP contribution is 2.67. The van der Waals surface area contributed by atoms with Crippen LogP contribution in [-0.2, 0) is 33.5 Å². The number of para-hydroxylation sites is 1. The van der Waals surface area contributed by atoms with Crippen molar-refractivity contribution in [3.05, 3.63) is 238 Å². The highest BCUT2D eigenvalue weighted by molar-refractivity contribution is 6.01. The van der Waals surface area contributed by atoms with Gasteiger partial charge in [-0.25, -0.2) is 0 Å². The maximum absolute atomic E-state index is 4.65. The molecule has 0 spiro atoms. The van der Waals surface area contributed by atoms with Crippen LogP contribution in [0, 0.1) is 0 Å². The number of hydrogen-bond acceptors (Lipinski definition) is 2. The summed E-state index contributed by atoms with van der Waals surface area (Å²) in [4.78, 5) is 5.29. The summed E-state index contributed by atoms with van der Waals surface area (Å²) in [5.41, 5.74) is 26.1. The summed E-state index contributed by atoms with van der Waals surface area (Å²) < 4.78 is 0. The molecule has 0 saturated carbocycles. The van der Waals surface area contributed by atoms with Gasteiger partial charge in [0.25, 0.3) is 0 Å². The zero-order valence-corrected chi connectivity index (χ0v) is 42.5. The van der Waals surface area contributed by atoms with E-state index in [-0.39, 0.29) is 27.1 Å². The van der Waals surface area contributed by atoms with Gasteiger partial charge in [0, 0.05) is 44.1 Å². The SMILES string of the molecule is C=C1/C=C\C=C/Cc2ccc(N(c3ccc4c(c3)C(C)(C)c3ccccc3-4)c3cc4c5c(c3)C(C)(C)c3cc(-c6ccc7ccccc7c6)cc6c3N5c3c(cccc3C4(C)C)C6(C)C)cc2C1(C)C. The molecule has 0 saturated heterocycles.